The van der Waals surface area contributed by atoms with Crippen molar-refractivity contribution in [3.8, 4) is 5.75 Å². The van der Waals surface area contributed by atoms with Gasteiger partial charge in [0.1, 0.15) is 5.75 Å². The largest absolute Gasteiger partial charge is 0.491 e. The van der Waals surface area contributed by atoms with Crippen molar-refractivity contribution in [1.29, 1.82) is 0 Å². The zero-order valence-electron chi connectivity index (χ0n) is 14.5. The van der Waals surface area contributed by atoms with Crippen LogP contribution in [0, 0.1) is 0 Å². The first kappa shape index (κ1) is 19.0. The number of aromatic carboxylic acids is 1. The van der Waals surface area contributed by atoms with Crippen molar-refractivity contribution < 1.29 is 24.2 Å². The molecule has 0 aliphatic carbocycles. The number of benzene rings is 2. The van der Waals surface area contributed by atoms with E-state index in [-0.39, 0.29) is 17.2 Å². The Labute approximate surface area is 151 Å². The number of carbonyl (C=O) groups is 3. The van der Waals surface area contributed by atoms with Crippen molar-refractivity contribution in [2.45, 2.75) is 20.3 Å². The summed E-state index contributed by atoms with van der Waals surface area (Å²) in [5.41, 5.74) is 1.12. The number of rotatable bonds is 7. The summed E-state index contributed by atoms with van der Waals surface area (Å²) in [6, 6.07) is 10.7. The molecule has 136 valence electrons. The van der Waals surface area contributed by atoms with Crippen LogP contribution in [0.25, 0.3) is 0 Å². The fraction of sp³-hybridized carbons (Fsp3) is 0.211. The highest BCUT2D eigenvalue weighted by Gasteiger charge is 2.14. The monoisotopic (exact) mass is 356 g/mol. The van der Waals surface area contributed by atoms with E-state index in [1.54, 1.807) is 18.2 Å². The molecule has 26 heavy (non-hydrogen) atoms. The van der Waals surface area contributed by atoms with E-state index in [2.05, 4.69) is 10.6 Å². The average Bonchev–Trinajstić information content (AvgIpc) is 2.60. The lowest BCUT2D eigenvalue weighted by atomic mass is 10.1. The summed E-state index contributed by atoms with van der Waals surface area (Å²) < 4.78 is 5.57. The normalized spacial score (nSPS) is 10.1. The fourth-order valence-electron chi connectivity index (χ4n) is 2.23. The SMILES string of the molecule is CCCOc1ccc(C(=O)O)cc1NC(=O)c1cccc(NC(C)=O)c1. The number of anilines is 2. The van der Waals surface area contributed by atoms with E-state index >= 15 is 0 Å². The van der Waals surface area contributed by atoms with Gasteiger partial charge in [0, 0.05) is 18.2 Å². The molecule has 2 amide bonds. The minimum absolute atomic E-state index is 0.0381. The lowest BCUT2D eigenvalue weighted by Crippen LogP contribution is -2.14. The molecule has 0 heterocycles. The van der Waals surface area contributed by atoms with Crippen LogP contribution in [-0.2, 0) is 4.79 Å². The third-order valence-corrected chi connectivity index (χ3v) is 3.38. The molecule has 0 saturated heterocycles. The van der Waals surface area contributed by atoms with Gasteiger partial charge in [0.2, 0.25) is 5.91 Å². The number of carbonyl (C=O) groups excluding carboxylic acids is 2. The Balaban J connectivity index is 2.27. The predicted molar refractivity (Wildman–Crippen MR) is 97.9 cm³/mol. The summed E-state index contributed by atoms with van der Waals surface area (Å²) in [5, 5.41) is 14.4. The minimum atomic E-state index is -1.10. The van der Waals surface area contributed by atoms with Gasteiger partial charge < -0.3 is 20.5 Å². The van der Waals surface area contributed by atoms with Gasteiger partial charge in [-0.05, 0) is 42.8 Å². The smallest absolute Gasteiger partial charge is 0.335 e. The van der Waals surface area contributed by atoms with Gasteiger partial charge >= 0.3 is 5.97 Å². The maximum Gasteiger partial charge on any atom is 0.335 e. The Kier molecular flexibility index (Phi) is 6.32. The molecule has 2 rings (SSSR count). The molecule has 0 spiro atoms. The lowest BCUT2D eigenvalue weighted by molar-refractivity contribution is -0.114. The Bertz CT molecular complexity index is 832. The minimum Gasteiger partial charge on any atom is -0.491 e. The van der Waals surface area contributed by atoms with Crippen molar-refractivity contribution in [1.82, 2.24) is 0 Å². The quantitative estimate of drug-likeness (QED) is 0.705. The molecule has 0 radical (unpaired) electrons. The Morgan fingerprint density at radius 1 is 1.04 bits per heavy atom. The van der Waals surface area contributed by atoms with E-state index in [9.17, 15) is 14.4 Å². The molecule has 2 aromatic carbocycles. The number of hydrogen-bond donors (Lipinski definition) is 3. The van der Waals surface area contributed by atoms with Crippen LogP contribution in [0.2, 0.25) is 0 Å². The molecule has 3 N–H and O–H groups in total. The summed E-state index contributed by atoms with van der Waals surface area (Å²) in [5.74, 6) is -1.40. The molecule has 0 saturated carbocycles. The molecular weight excluding hydrogens is 336 g/mol. The Morgan fingerprint density at radius 2 is 1.81 bits per heavy atom. The number of nitrogens with one attached hydrogen (secondary N) is 2. The molecule has 7 nitrogen and oxygen atoms in total. The third kappa shape index (κ3) is 5.07. The standard InChI is InChI=1S/C19H20N2O5/c1-3-9-26-17-8-7-14(19(24)25)11-16(17)21-18(23)13-5-4-6-15(10-13)20-12(2)22/h4-8,10-11H,3,9H2,1-2H3,(H,20,22)(H,21,23)(H,24,25). The average molecular weight is 356 g/mol. The number of hydrogen-bond acceptors (Lipinski definition) is 4. The van der Waals surface area contributed by atoms with E-state index in [0.717, 1.165) is 6.42 Å². The van der Waals surface area contributed by atoms with Gasteiger partial charge in [0.05, 0.1) is 17.9 Å². The number of amides is 2. The number of carboxylic acids is 1. The molecular formula is C19H20N2O5. The second kappa shape index (κ2) is 8.66. The van der Waals surface area contributed by atoms with Crippen LogP contribution in [0.4, 0.5) is 11.4 Å². The summed E-state index contributed by atoms with van der Waals surface area (Å²) in [6.07, 6.45) is 0.771. The van der Waals surface area contributed by atoms with E-state index < -0.39 is 11.9 Å². The van der Waals surface area contributed by atoms with Gasteiger partial charge in [-0.1, -0.05) is 13.0 Å². The second-order valence-electron chi connectivity index (χ2n) is 5.58. The molecule has 0 bridgehead atoms. The highest BCUT2D eigenvalue weighted by molar-refractivity contribution is 6.06. The highest BCUT2D eigenvalue weighted by Crippen LogP contribution is 2.27. The van der Waals surface area contributed by atoms with E-state index in [1.165, 1.54) is 31.2 Å². The summed E-state index contributed by atoms with van der Waals surface area (Å²) in [7, 11) is 0. The zero-order valence-corrected chi connectivity index (χ0v) is 14.5. The van der Waals surface area contributed by atoms with E-state index in [1.807, 2.05) is 6.92 Å². The number of carboxylic acid groups (broad SMARTS) is 1. The first-order valence-corrected chi connectivity index (χ1v) is 8.10. The Hall–Kier alpha value is -3.35. The molecule has 0 aromatic heterocycles. The summed E-state index contributed by atoms with van der Waals surface area (Å²) in [6.45, 7) is 3.76. The first-order valence-electron chi connectivity index (χ1n) is 8.10. The molecule has 0 unspecified atom stereocenters. The third-order valence-electron chi connectivity index (χ3n) is 3.38. The molecule has 7 heteroatoms. The molecule has 0 fully saturated rings. The summed E-state index contributed by atoms with van der Waals surface area (Å²) >= 11 is 0. The highest BCUT2D eigenvalue weighted by atomic mass is 16.5. The molecule has 2 aromatic rings. The fourth-order valence-corrected chi connectivity index (χ4v) is 2.23. The van der Waals surface area contributed by atoms with Crippen molar-refractivity contribution in [3.05, 3.63) is 53.6 Å². The summed E-state index contributed by atoms with van der Waals surface area (Å²) in [4.78, 5) is 34.9. The zero-order chi connectivity index (χ0) is 19.1. The van der Waals surface area contributed by atoms with Crippen molar-refractivity contribution in [2.24, 2.45) is 0 Å². The maximum atomic E-state index is 12.5. The number of ether oxygens (including phenoxy) is 1. The van der Waals surface area contributed by atoms with Crippen LogP contribution in [0.1, 0.15) is 41.0 Å². The van der Waals surface area contributed by atoms with Gasteiger partial charge in [-0.2, -0.15) is 0 Å². The topological polar surface area (TPSA) is 105 Å². The van der Waals surface area contributed by atoms with Crippen LogP contribution in [0.3, 0.4) is 0 Å². The van der Waals surface area contributed by atoms with Crippen molar-refractivity contribution in [3.63, 3.8) is 0 Å². The Morgan fingerprint density at radius 3 is 2.46 bits per heavy atom. The second-order valence-corrected chi connectivity index (χ2v) is 5.58. The van der Waals surface area contributed by atoms with Crippen molar-refractivity contribution >= 4 is 29.2 Å². The van der Waals surface area contributed by atoms with E-state index in [0.29, 0.717) is 23.6 Å². The first-order chi connectivity index (χ1) is 12.4. The van der Waals surface area contributed by atoms with E-state index in [4.69, 9.17) is 9.84 Å². The van der Waals surface area contributed by atoms with Crippen molar-refractivity contribution in [2.75, 3.05) is 17.2 Å². The van der Waals surface area contributed by atoms with Crippen LogP contribution in [-0.4, -0.2) is 29.5 Å². The van der Waals surface area contributed by atoms with Crippen LogP contribution in [0.5, 0.6) is 5.75 Å². The van der Waals surface area contributed by atoms with Gasteiger partial charge in [-0.3, -0.25) is 9.59 Å². The van der Waals surface area contributed by atoms with Crippen LogP contribution >= 0.6 is 0 Å². The van der Waals surface area contributed by atoms with Gasteiger partial charge in [0.15, 0.2) is 0 Å². The van der Waals surface area contributed by atoms with Gasteiger partial charge in [0.25, 0.3) is 5.91 Å². The molecule has 0 aliphatic rings. The molecule has 0 atom stereocenters. The maximum absolute atomic E-state index is 12.5. The molecule has 0 aliphatic heterocycles. The van der Waals surface area contributed by atoms with Crippen LogP contribution < -0.4 is 15.4 Å². The predicted octanol–water partition coefficient (Wildman–Crippen LogP) is 3.38. The lowest BCUT2D eigenvalue weighted by Gasteiger charge is -2.13. The van der Waals surface area contributed by atoms with Gasteiger partial charge in [-0.15, -0.1) is 0 Å². The van der Waals surface area contributed by atoms with Gasteiger partial charge in [-0.25, -0.2) is 4.79 Å². The van der Waals surface area contributed by atoms with Crippen LogP contribution in [0.15, 0.2) is 42.5 Å².